The molecule has 1 heterocycles. The first-order valence-electron chi connectivity index (χ1n) is 9.82. The van der Waals surface area contributed by atoms with E-state index in [9.17, 15) is 19.5 Å². The van der Waals surface area contributed by atoms with Crippen molar-refractivity contribution in [2.24, 2.45) is 5.92 Å². The van der Waals surface area contributed by atoms with Crippen LogP contribution in [0.15, 0.2) is 0 Å². The van der Waals surface area contributed by atoms with Crippen molar-refractivity contribution in [1.29, 1.82) is 0 Å². The molecule has 0 aromatic carbocycles. The molecule has 7 nitrogen and oxygen atoms in total. The van der Waals surface area contributed by atoms with E-state index in [1.165, 1.54) is 31.1 Å². The van der Waals surface area contributed by atoms with Crippen molar-refractivity contribution in [3.8, 4) is 0 Å². The molecule has 0 bridgehead atoms. The number of carbonyl (C=O) groups excluding carboxylic acids is 2. The lowest BCUT2D eigenvalue weighted by Crippen LogP contribution is -2.58. The van der Waals surface area contributed by atoms with Crippen LogP contribution in [0.25, 0.3) is 0 Å². The Bertz CT molecular complexity index is 504. The van der Waals surface area contributed by atoms with Crippen molar-refractivity contribution >= 4 is 17.8 Å². The van der Waals surface area contributed by atoms with Gasteiger partial charge in [0.1, 0.15) is 12.1 Å². The van der Waals surface area contributed by atoms with Crippen molar-refractivity contribution in [3.63, 3.8) is 0 Å². The fraction of sp³-hybridized carbons (Fsp3) is 0.842. The minimum Gasteiger partial charge on any atom is -0.480 e. The molecule has 1 aliphatic carbocycles. The largest absolute Gasteiger partial charge is 0.480 e. The number of carboxylic acid groups (broad SMARTS) is 1. The number of aliphatic carboxylic acids is 1. The Hall–Kier alpha value is -1.63. The zero-order valence-electron chi connectivity index (χ0n) is 15.9. The van der Waals surface area contributed by atoms with Crippen molar-refractivity contribution in [3.05, 3.63) is 0 Å². The molecule has 0 radical (unpaired) electrons. The highest BCUT2D eigenvalue weighted by Crippen LogP contribution is 2.25. The van der Waals surface area contributed by atoms with Gasteiger partial charge in [-0.05, 0) is 44.9 Å². The predicted molar refractivity (Wildman–Crippen MR) is 96.6 cm³/mol. The van der Waals surface area contributed by atoms with Gasteiger partial charge in [-0.3, -0.25) is 9.59 Å². The highest BCUT2D eigenvalue weighted by molar-refractivity contribution is 5.90. The fourth-order valence-corrected chi connectivity index (χ4v) is 3.97. The van der Waals surface area contributed by atoms with E-state index in [0.717, 1.165) is 25.7 Å². The standard InChI is InChI=1S/C19H32N2O5/c1-13(26-12-15-8-4-3-5-9-15)17(20-14(2)22)18(23)21-11-7-6-10-16(21)19(24)25/h13,15-17H,3-12H2,1-2H3,(H,20,22)(H,24,25). The molecule has 0 aromatic heterocycles. The van der Waals surface area contributed by atoms with Crippen LogP contribution in [0.2, 0.25) is 0 Å². The molecule has 1 saturated heterocycles. The lowest BCUT2D eigenvalue weighted by atomic mass is 9.90. The van der Waals surface area contributed by atoms with E-state index in [1.54, 1.807) is 6.92 Å². The summed E-state index contributed by atoms with van der Waals surface area (Å²) in [4.78, 5) is 37.5. The van der Waals surface area contributed by atoms with E-state index in [0.29, 0.717) is 25.5 Å². The van der Waals surface area contributed by atoms with Crippen LogP contribution in [0.3, 0.4) is 0 Å². The van der Waals surface area contributed by atoms with Crippen LogP contribution in [-0.2, 0) is 19.1 Å². The minimum atomic E-state index is -0.990. The molecule has 1 saturated carbocycles. The summed E-state index contributed by atoms with van der Waals surface area (Å²) < 4.78 is 5.94. The molecule has 2 amide bonds. The van der Waals surface area contributed by atoms with E-state index in [-0.39, 0.29) is 11.8 Å². The Kier molecular flexibility index (Phi) is 7.87. The Balaban J connectivity index is 2.02. The summed E-state index contributed by atoms with van der Waals surface area (Å²) in [6.07, 6.45) is 7.49. The van der Waals surface area contributed by atoms with Gasteiger partial charge < -0.3 is 20.1 Å². The van der Waals surface area contributed by atoms with Gasteiger partial charge in [0.05, 0.1) is 6.10 Å². The molecule has 0 aromatic rings. The second-order valence-electron chi connectivity index (χ2n) is 7.60. The lowest BCUT2D eigenvalue weighted by molar-refractivity contribution is -0.155. The lowest BCUT2D eigenvalue weighted by Gasteiger charge is -2.37. The third kappa shape index (κ3) is 5.69. The number of likely N-dealkylation sites (tertiary alicyclic amines) is 1. The van der Waals surface area contributed by atoms with Gasteiger partial charge in [-0.25, -0.2) is 4.79 Å². The molecular formula is C19H32N2O5. The molecule has 2 rings (SSSR count). The van der Waals surface area contributed by atoms with Crippen LogP contribution in [0.1, 0.15) is 65.2 Å². The molecule has 2 fully saturated rings. The number of hydrogen-bond donors (Lipinski definition) is 2. The SMILES string of the molecule is CC(=O)NC(C(=O)N1CCCCC1C(=O)O)C(C)OCC1CCCCC1. The van der Waals surface area contributed by atoms with Crippen LogP contribution in [-0.4, -0.2) is 59.1 Å². The van der Waals surface area contributed by atoms with Crippen molar-refractivity contribution in [1.82, 2.24) is 10.2 Å². The maximum Gasteiger partial charge on any atom is 0.326 e. The van der Waals surface area contributed by atoms with Gasteiger partial charge in [0.15, 0.2) is 0 Å². The number of carbonyl (C=O) groups is 3. The average molecular weight is 368 g/mol. The van der Waals surface area contributed by atoms with Crippen molar-refractivity contribution in [2.45, 2.75) is 83.4 Å². The number of nitrogens with one attached hydrogen (secondary N) is 1. The summed E-state index contributed by atoms with van der Waals surface area (Å²) in [5.74, 6) is -1.17. The Morgan fingerprint density at radius 2 is 1.77 bits per heavy atom. The van der Waals surface area contributed by atoms with E-state index in [2.05, 4.69) is 5.32 Å². The zero-order valence-corrected chi connectivity index (χ0v) is 15.9. The zero-order chi connectivity index (χ0) is 19.1. The highest BCUT2D eigenvalue weighted by atomic mass is 16.5. The van der Waals surface area contributed by atoms with Gasteiger partial charge in [-0.15, -0.1) is 0 Å². The minimum absolute atomic E-state index is 0.319. The molecule has 0 spiro atoms. The second-order valence-corrected chi connectivity index (χ2v) is 7.60. The summed E-state index contributed by atoms with van der Waals surface area (Å²) in [5.41, 5.74) is 0. The normalized spacial score (nSPS) is 23.9. The van der Waals surface area contributed by atoms with E-state index < -0.39 is 24.2 Å². The number of ether oxygens (including phenoxy) is 1. The Labute approximate surface area is 155 Å². The number of carboxylic acids is 1. The molecule has 2 aliphatic rings. The van der Waals surface area contributed by atoms with Gasteiger partial charge >= 0.3 is 5.97 Å². The first-order chi connectivity index (χ1) is 12.4. The topological polar surface area (TPSA) is 95.9 Å². The number of piperidine rings is 1. The van der Waals surface area contributed by atoms with Crippen LogP contribution in [0.5, 0.6) is 0 Å². The molecule has 26 heavy (non-hydrogen) atoms. The van der Waals surface area contributed by atoms with Crippen LogP contribution < -0.4 is 5.32 Å². The maximum absolute atomic E-state index is 13.0. The van der Waals surface area contributed by atoms with Gasteiger partial charge in [0, 0.05) is 20.1 Å². The number of rotatable bonds is 7. The predicted octanol–water partition coefficient (Wildman–Crippen LogP) is 1.94. The van der Waals surface area contributed by atoms with Gasteiger partial charge in [-0.2, -0.15) is 0 Å². The average Bonchev–Trinajstić information content (AvgIpc) is 2.64. The maximum atomic E-state index is 13.0. The van der Waals surface area contributed by atoms with Gasteiger partial charge in [-0.1, -0.05) is 19.3 Å². The molecule has 7 heteroatoms. The number of hydrogen-bond acceptors (Lipinski definition) is 4. The first-order valence-corrected chi connectivity index (χ1v) is 9.82. The van der Waals surface area contributed by atoms with E-state index in [4.69, 9.17) is 4.74 Å². The Morgan fingerprint density at radius 1 is 1.12 bits per heavy atom. The van der Waals surface area contributed by atoms with Gasteiger partial charge in [0.25, 0.3) is 0 Å². The smallest absolute Gasteiger partial charge is 0.326 e. The monoisotopic (exact) mass is 368 g/mol. The van der Waals surface area contributed by atoms with Crippen LogP contribution >= 0.6 is 0 Å². The van der Waals surface area contributed by atoms with Crippen LogP contribution in [0.4, 0.5) is 0 Å². The fourth-order valence-electron chi connectivity index (χ4n) is 3.97. The second kappa shape index (κ2) is 9.90. The third-order valence-electron chi connectivity index (χ3n) is 5.48. The molecule has 3 atom stereocenters. The summed E-state index contributed by atoms with van der Waals surface area (Å²) in [7, 11) is 0. The first kappa shape index (κ1) is 20.7. The summed E-state index contributed by atoms with van der Waals surface area (Å²) >= 11 is 0. The van der Waals surface area contributed by atoms with Crippen molar-refractivity contribution in [2.75, 3.05) is 13.2 Å². The summed E-state index contributed by atoms with van der Waals surface area (Å²) in [5, 5.41) is 12.1. The quantitative estimate of drug-likeness (QED) is 0.716. The van der Waals surface area contributed by atoms with Crippen LogP contribution in [0, 0.1) is 5.92 Å². The highest BCUT2D eigenvalue weighted by Gasteiger charge is 2.38. The molecule has 2 N–H and O–H groups in total. The third-order valence-corrected chi connectivity index (χ3v) is 5.48. The molecule has 3 unspecified atom stereocenters. The molecular weight excluding hydrogens is 336 g/mol. The van der Waals surface area contributed by atoms with E-state index in [1.807, 2.05) is 0 Å². The number of nitrogens with zero attached hydrogens (tertiary/aromatic N) is 1. The summed E-state index contributed by atoms with van der Waals surface area (Å²) in [6, 6.07) is -1.67. The summed E-state index contributed by atoms with van der Waals surface area (Å²) in [6.45, 7) is 4.12. The Morgan fingerprint density at radius 3 is 2.38 bits per heavy atom. The number of amides is 2. The van der Waals surface area contributed by atoms with E-state index >= 15 is 0 Å². The molecule has 148 valence electrons. The van der Waals surface area contributed by atoms with Gasteiger partial charge in [0.2, 0.25) is 11.8 Å². The van der Waals surface area contributed by atoms with Crippen molar-refractivity contribution < 1.29 is 24.2 Å². The molecule has 1 aliphatic heterocycles.